The predicted octanol–water partition coefficient (Wildman–Crippen LogP) is 2.45. The second-order valence-corrected chi connectivity index (χ2v) is 5.88. The number of nitrogens with zero attached hydrogens (tertiary/aromatic N) is 4. The summed E-state index contributed by atoms with van der Waals surface area (Å²) in [5, 5.41) is 16.5. The summed E-state index contributed by atoms with van der Waals surface area (Å²) in [4.78, 5) is 8.71. The highest BCUT2D eigenvalue weighted by Gasteiger charge is 2.34. The first-order chi connectivity index (χ1) is 10.9. The number of aryl methyl sites for hydroxylation is 1. The van der Waals surface area contributed by atoms with E-state index in [1.54, 1.807) is 18.3 Å². The van der Waals surface area contributed by atoms with E-state index in [0.29, 0.717) is 30.3 Å². The quantitative estimate of drug-likeness (QED) is 0.904. The van der Waals surface area contributed by atoms with Gasteiger partial charge in [-0.25, -0.2) is 18.4 Å². The molecule has 2 aromatic rings. The number of hydrogen-bond acceptors (Lipinski definition) is 5. The lowest BCUT2D eigenvalue weighted by atomic mass is 9.92. The smallest absolute Gasteiger partial charge is 0.252 e. The van der Waals surface area contributed by atoms with Crippen molar-refractivity contribution in [1.29, 1.82) is 0 Å². The van der Waals surface area contributed by atoms with E-state index in [1.165, 1.54) is 4.68 Å². The zero-order chi connectivity index (χ0) is 16.4. The van der Waals surface area contributed by atoms with Crippen molar-refractivity contribution < 1.29 is 13.9 Å². The molecule has 0 aliphatic heterocycles. The highest BCUT2D eigenvalue weighted by atomic mass is 19.3. The standard InChI is InChI=1S/C15H19F2N5O/c1-10-8-13(19-11-2-5-15(16,17)6-3-11)20-14(18-10)22-7-4-12(9-23)21-22/h4,7-8,11,23H,2-3,5-6,9H2,1H3,(H,18,19,20). The molecular weight excluding hydrogens is 304 g/mol. The van der Waals surface area contributed by atoms with E-state index < -0.39 is 5.92 Å². The number of aliphatic hydroxyl groups excluding tert-OH is 1. The second kappa shape index (κ2) is 6.19. The Balaban J connectivity index is 1.75. The Kier molecular flexibility index (Phi) is 4.25. The molecule has 23 heavy (non-hydrogen) atoms. The molecule has 0 saturated heterocycles. The summed E-state index contributed by atoms with van der Waals surface area (Å²) in [6.07, 6.45) is 2.32. The number of halogens is 2. The molecule has 1 saturated carbocycles. The fourth-order valence-corrected chi connectivity index (χ4v) is 2.68. The van der Waals surface area contributed by atoms with Gasteiger partial charge < -0.3 is 10.4 Å². The molecule has 2 heterocycles. The molecule has 0 aromatic carbocycles. The van der Waals surface area contributed by atoms with Crippen LogP contribution in [0.25, 0.3) is 5.95 Å². The molecule has 0 spiro atoms. The summed E-state index contributed by atoms with van der Waals surface area (Å²) in [6.45, 7) is 1.68. The van der Waals surface area contributed by atoms with Crippen LogP contribution in [0.4, 0.5) is 14.6 Å². The first kappa shape index (κ1) is 15.8. The summed E-state index contributed by atoms with van der Waals surface area (Å²) in [7, 11) is 0. The van der Waals surface area contributed by atoms with E-state index in [-0.39, 0.29) is 25.5 Å². The third-order valence-corrected chi connectivity index (χ3v) is 3.92. The Labute approximate surface area is 132 Å². The average Bonchev–Trinajstić information content (AvgIpc) is 2.98. The molecule has 124 valence electrons. The number of hydrogen-bond donors (Lipinski definition) is 2. The molecule has 0 amide bonds. The van der Waals surface area contributed by atoms with Crippen LogP contribution >= 0.6 is 0 Å². The molecule has 6 nitrogen and oxygen atoms in total. The molecule has 3 rings (SSSR count). The normalized spacial score (nSPS) is 18.1. The Bertz CT molecular complexity index is 678. The van der Waals surface area contributed by atoms with Crippen molar-refractivity contribution in [1.82, 2.24) is 19.7 Å². The summed E-state index contributed by atoms with van der Waals surface area (Å²) < 4.78 is 27.9. The van der Waals surface area contributed by atoms with E-state index in [0.717, 1.165) is 5.69 Å². The third kappa shape index (κ3) is 3.82. The van der Waals surface area contributed by atoms with Gasteiger partial charge in [-0.05, 0) is 25.8 Å². The average molecular weight is 323 g/mol. The van der Waals surface area contributed by atoms with Gasteiger partial charge in [0.15, 0.2) is 0 Å². The maximum atomic E-state index is 13.2. The van der Waals surface area contributed by atoms with Gasteiger partial charge in [0, 0.05) is 36.8 Å². The third-order valence-electron chi connectivity index (χ3n) is 3.92. The summed E-state index contributed by atoms with van der Waals surface area (Å²) in [5.41, 5.74) is 1.28. The first-order valence-electron chi connectivity index (χ1n) is 7.61. The molecule has 0 bridgehead atoms. The number of rotatable bonds is 4. The zero-order valence-corrected chi connectivity index (χ0v) is 12.8. The number of aromatic nitrogens is 4. The molecule has 1 fully saturated rings. The molecule has 0 unspecified atom stereocenters. The van der Waals surface area contributed by atoms with E-state index in [4.69, 9.17) is 5.11 Å². The van der Waals surface area contributed by atoms with Crippen molar-refractivity contribution in [3.63, 3.8) is 0 Å². The van der Waals surface area contributed by atoms with Crippen LogP contribution in [-0.4, -0.2) is 36.8 Å². The molecular formula is C15H19F2N5O. The highest BCUT2D eigenvalue weighted by molar-refractivity contribution is 5.39. The van der Waals surface area contributed by atoms with E-state index >= 15 is 0 Å². The predicted molar refractivity (Wildman–Crippen MR) is 80.6 cm³/mol. The van der Waals surface area contributed by atoms with Gasteiger partial charge >= 0.3 is 0 Å². The molecule has 1 aliphatic carbocycles. The van der Waals surface area contributed by atoms with Gasteiger partial charge in [-0.2, -0.15) is 10.1 Å². The van der Waals surface area contributed by atoms with Crippen LogP contribution in [0.5, 0.6) is 0 Å². The minimum Gasteiger partial charge on any atom is -0.390 e. The van der Waals surface area contributed by atoms with Gasteiger partial charge in [0.25, 0.3) is 5.95 Å². The molecule has 0 radical (unpaired) electrons. The minimum atomic E-state index is -2.54. The Morgan fingerprint density at radius 3 is 2.74 bits per heavy atom. The van der Waals surface area contributed by atoms with Crippen molar-refractivity contribution in [2.24, 2.45) is 0 Å². The summed E-state index contributed by atoms with van der Waals surface area (Å²) in [6, 6.07) is 3.46. The Hall–Kier alpha value is -2.09. The molecule has 1 aliphatic rings. The van der Waals surface area contributed by atoms with Crippen LogP contribution < -0.4 is 5.32 Å². The fourth-order valence-electron chi connectivity index (χ4n) is 2.68. The number of alkyl halides is 2. The van der Waals surface area contributed by atoms with E-state index in [2.05, 4.69) is 20.4 Å². The maximum absolute atomic E-state index is 13.2. The van der Waals surface area contributed by atoms with Gasteiger partial charge in [0.2, 0.25) is 5.92 Å². The van der Waals surface area contributed by atoms with Crippen molar-refractivity contribution >= 4 is 5.82 Å². The second-order valence-electron chi connectivity index (χ2n) is 5.88. The van der Waals surface area contributed by atoms with Crippen LogP contribution in [0.15, 0.2) is 18.3 Å². The number of nitrogens with one attached hydrogen (secondary N) is 1. The Morgan fingerprint density at radius 2 is 2.09 bits per heavy atom. The maximum Gasteiger partial charge on any atom is 0.252 e. The van der Waals surface area contributed by atoms with Gasteiger partial charge in [-0.15, -0.1) is 0 Å². The SMILES string of the molecule is Cc1cc(NC2CCC(F)(F)CC2)nc(-n2ccc(CO)n2)n1. The molecule has 2 aromatic heterocycles. The number of aliphatic hydroxyl groups is 1. The summed E-state index contributed by atoms with van der Waals surface area (Å²) >= 11 is 0. The summed E-state index contributed by atoms with van der Waals surface area (Å²) in [5.74, 6) is -1.56. The lowest BCUT2D eigenvalue weighted by Gasteiger charge is -2.29. The minimum absolute atomic E-state index is 0.0117. The largest absolute Gasteiger partial charge is 0.390 e. The van der Waals surface area contributed by atoms with Crippen molar-refractivity contribution in [2.45, 2.75) is 51.2 Å². The van der Waals surface area contributed by atoms with Crippen LogP contribution in [0.2, 0.25) is 0 Å². The lowest BCUT2D eigenvalue weighted by Crippen LogP contribution is -2.32. The Morgan fingerprint density at radius 1 is 1.35 bits per heavy atom. The topological polar surface area (TPSA) is 75.9 Å². The molecule has 2 N–H and O–H groups in total. The van der Waals surface area contributed by atoms with Gasteiger partial charge in [-0.3, -0.25) is 0 Å². The molecule has 8 heteroatoms. The van der Waals surface area contributed by atoms with Crippen LogP contribution in [-0.2, 0) is 6.61 Å². The fraction of sp³-hybridized carbons (Fsp3) is 0.533. The lowest BCUT2D eigenvalue weighted by molar-refractivity contribution is -0.0361. The van der Waals surface area contributed by atoms with Crippen LogP contribution in [0.1, 0.15) is 37.1 Å². The van der Waals surface area contributed by atoms with E-state index in [1.807, 2.05) is 6.92 Å². The van der Waals surface area contributed by atoms with Crippen molar-refractivity contribution in [3.8, 4) is 5.95 Å². The van der Waals surface area contributed by atoms with Crippen molar-refractivity contribution in [3.05, 3.63) is 29.7 Å². The number of anilines is 1. The van der Waals surface area contributed by atoms with Crippen LogP contribution in [0, 0.1) is 6.92 Å². The first-order valence-corrected chi connectivity index (χ1v) is 7.61. The van der Waals surface area contributed by atoms with Gasteiger partial charge in [0.05, 0.1) is 12.3 Å². The monoisotopic (exact) mass is 323 g/mol. The zero-order valence-electron chi connectivity index (χ0n) is 12.8. The van der Waals surface area contributed by atoms with Gasteiger partial charge in [-0.1, -0.05) is 0 Å². The molecule has 0 atom stereocenters. The van der Waals surface area contributed by atoms with E-state index in [9.17, 15) is 8.78 Å². The highest BCUT2D eigenvalue weighted by Crippen LogP contribution is 2.34. The van der Waals surface area contributed by atoms with Crippen molar-refractivity contribution in [2.75, 3.05) is 5.32 Å². The van der Waals surface area contributed by atoms with Crippen LogP contribution in [0.3, 0.4) is 0 Å². The van der Waals surface area contributed by atoms with Gasteiger partial charge in [0.1, 0.15) is 5.82 Å².